The molecular weight excluding hydrogens is 237 g/mol. The van der Waals surface area contributed by atoms with E-state index in [0.29, 0.717) is 13.1 Å². The summed E-state index contributed by atoms with van der Waals surface area (Å²) in [6.07, 6.45) is -3.76. The Morgan fingerprint density at radius 3 is 2.69 bits per heavy atom. The van der Waals surface area contributed by atoms with Crippen LogP contribution in [0, 0.1) is 6.92 Å². The van der Waals surface area contributed by atoms with Gasteiger partial charge in [-0.3, -0.25) is 0 Å². The zero-order chi connectivity index (χ0) is 12.0. The van der Waals surface area contributed by atoms with Gasteiger partial charge >= 0.3 is 6.18 Å². The van der Waals surface area contributed by atoms with Gasteiger partial charge in [-0.05, 0) is 26.3 Å². The third-order valence-electron chi connectivity index (χ3n) is 2.19. The van der Waals surface area contributed by atoms with Gasteiger partial charge in [0.25, 0.3) is 0 Å². The SMILES string of the molecule is Cc1ncsc1CCNCCCC(F)(F)F. The zero-order valence-electron chi connectivity index (χ0n) is 9.10. The Morgan fingerprint density at radius 2 is 2.12 bits per heavy atom. The van der Waals surface area contributed by atoms with Crippen molar-refractivity contribution in [2.75, 3.05) is 13.1 Å². The van der Waals surface area contributed by atoms with Crippen LogP contribution in [0.4, 0.5) is 13.2 Å². The number of hydrogen-bond donors (Lipinski definition) is 1. The van der Waals surface area contributed by atoms with Crippen molar-refractivity contribution in [3.8, 4) is 0 Å². The van der Waals surface area contributed by atoms with E-state index in [4.69, 9.17) is 0 Å². The number of alkyl halides is 3. The molecule has 0 bridgehead atoms. The van der Waals surface area contributed by atoms with E-state index < -0.39 is 12.6 Å². The summed E-state index contributed by atoms with van der Waals surface area (Å²) in [6, 6.07) is 0. The fraction of sp³-hybridized carbons (Fsp3) is 0.700. The van der Waals surface area contributed by atoms with Gasteiger partial charge in [-0.1, -0.05) is 0 Å². The Hall–Kier alpha value is -0.620. The minimum Gasteiger partial charge on any atom is -0.316 e. The van der Waals surface area contributed by atoms with E-state index in [-0.39, 0.29) is 6.42 Å². The summed E-state index contributed by atoms with van der Waals surface area (Å²) >= 11 is 1.59. The molecule has 0 fully saturated rings. The predicted octanol–water partition coefficient (Wildman–Crippen LogP) is 2.93. The maximum absolute atomic E-state index is 11.8. The van der Waals surface area contributed by atoms with Crippen LogP contribution in [0.2, 0.25) is 0 Å². The number of rotatable bonds is 6. The molecule has 0 radical (unpaired) electrons. The average molecular weight is 252 g/mol. The lowest BCUT2D eigenvalue weighted by Crippen LogP contribution is -2.20. The molecule has 0 saturated heterocycles. The van der Waals surface area contributed by atoms with Crippen LogP contribution < -0.4 is 5.32 Å². The highest BCUT2D eigenvalue weighted by Gasteiger charge is 2.25. The fourth-order valence-corrected chi connectivity index (χ4v) is 2.09. The van der Waals surface area contributed by atoms with E-state index in [2.05, 4.69) is 10.3 Å². The quantitative estimate of drug-likeness (QED) is 0.787. The first-order valence-electron chi connectivity index (χ1n) is 5.15. The highest BCUT2D eigenvalue weighted by Crippen LogP contribution is 2.20. The van der Waals surface area contributed by atoms with Crippen LogP contribution in [0.3, 0.4) is 0 Å². The molecule has 1 N–H and O–H groups in total. The van der Waals surface area contributed by atoms with E-state index in [1.807, 2.05) is 6.92 Å². The van der Waals surface area contributed by atoms with Gasteiger partial charge in [0.15, 0.2) is 0 Å². The van der Waals surface area contributed by atoms with Crippen molar-refractivity contribution in [3.05, 3.63) is 16.1 Å². The van der Waals surface area contributed by atoms with Crippen LogP contribution in [-0.2, 0) is 6.42 Å². The minimum absolute atomic E-state index is 0.144. The van der Waals surface area contributed by atoms with Gasteiger partial charge in [0.05, 0.1) is 11.2 Å². The number of aromatic nitrogens is 1. The van der Waals surface area contributed by atoms with E-state index in [9.17, 15) is 13.2 Å². The topological polar surface area (TPSA) is 24.9 Å². The molecule has 0 aliphatic rings. The molecule has 1 aromatic heterocycles. The summed E-state index contributed by atoms with van der Waals surface area (Å²) in [6.45, 7) is 3.06. The van der Waals surface area contributed by atoms with Crippen molar-refractivity contribution in [1.29, 1.82) is 0 Å². The van der Waals surface area contributed by atoms with Crippen LogP contribution in [0.5, 0.6) is 0 Å². The van der Waals surface area contributed by atoms with Crippen LogP contribution >= 0.6 is 11.3 Å². The lowest BCUT2D eigenvalue weighted by Gasteiger charge is -2.06. The lowest BCUT2D eigenvalue weighted by molar-refractivity contribution is -0.135. The molecule has 0 atom stereocenters. The average Bonchev–Trinajstić information content (AvgIpc) is 2.56. The third-order valence-corrected chi connectivity index (χ3v) is 3.18. The maximum Gasteiger partial charge on any atom is 0.389 e. The Labute approximate surface area is 96.9 Å². The minimum atomic E-state index is -4.03. The number of nitrogens with zero attached hydrogens (tertiary/aromatic N) is 1. The number of hydrogen-bond acceptors (Lipinski definition) is 3. The fourth-order valence-electron chi connectivity index (χ4n) is 1.31. The molecule has 1 aromatic rings. The Bertz CT molecular complexity index is 309. The van der Waals surface area contributed by atoms with E-state index in [0.717, 1.165) is 12.1 Å². The van der Waals surface area contributed by atoms with Gasteiger partial charge in [0.1, 0.15) is 0 Å². The van der Waals surface area contributed by atoms with Gasteiger partial charge in [-0.25, -0.2) is 4.98 Å². The molecule has 0 aliphatic heterocycles. The second-order valence-electron chi connectivity index (χ2n) is 3.58. The van der Waals surface area contributed by atoms with Gasteiger partial charge in [0.2, 0.25) is 0 Å². The van der Waals surface area contributed by atoms with Gasteiger partial charge in [-0.15, -0.1) is 11.3 Å². The molecular formula is C10H15F3N2S. The van der Waals surface area contributed by atoms with E-state index in [1.165, 1.54) is 4.88 Å². The highest BCUT2D eigenvalue weighted by molar-refractivity contribution is 7.09. The third kappa shape index (κ3) is 5.46. The van der Waals surface area contributed by atoms with Crippen molar-refractivity contribution in [2.24, 2.45) is 0 Å². The normalized spacial score (nSPS) is 12.0. The summed E-state index contributed by atoms with van der Waals surface area (Å²) in [5, 5.41) is 3.00. The summed E-state index contributed by atoms with van der Waals surface area (Å²) < 4.78 is 35.4. The maximum atomic E-state index is 11.8. The van der Waals surface area contributed by atoms with Crippen molar-refractivity contribution < 1.29 is 13.2 Å². The second kappa shape index (κ2) is 6.20. The summed E-state index contributed by atoms with van der Waals surface area (Å²) in [5.74, 6) is 0. The van der Waals surface area contributed by atoms with Gasteiger partial charge in [-0.2, -0.15) is 13.2 Å². The monoisotopic (exact) mass is 252 g/mol. The number of nitrogens with one attached hydrogen (secondary N) is 1. The van der Waals surface area contributed by atoms with E-state index >= 15 is 0 Å². The highest BCUT2D eigenvalue weighted by atomic mass is 32.1. The van der Waals surface area contributed by atoms with Crippen LogP contribution in [0.25, 0.3) is 0 Å². The van der Waals surface area contributed by atoms with Gasteiger partial charge < -0.3 is 5.32 Å². The molecule has 0 saturated carbocycles. The molecule has 1 rings (SSSR count). The van der Waals surface area contributed by atoms with Crippen molar-refractivity contribution in [1.82, 2.24) is 10.3 Å². The van der Waals surface area contributed by atoms with Crippen molar-refractivity contribution in [3.63, 3.8) is 0 Å². The predicted molar refractivity (Wildman–Crippen MR) is 58.7 cm³/mol. The lowest BCUT2D eigenvalue weighted by atomic mass is 10.3. The molecule has 1 heterocycles. The van der Waals surface area contributed by atoms with Crippen LogP contribution in [0.1, 0.15) is 23.4 Å². The first kappa shape index (κ1) is 13.4. The molecule has 0 spiro atoms. The molecule has 92 valence electrons. The first-order chi connectivity index (χ1) is 7.49. The Morgan fingerprint density at radius 1 is 1.38 bits per heavy atom. The number of aryl methyl sites for hydroxylation is 1. The molecule has 0 aromatic carbocycles. The smallest absolute Gasteiger partial charge is 0.316 e. The Kier molecular flexibility index (Phi) is 5.21. The molecule has 6 heteroatoms. The molecule has 0 amide bonds. The summed E-state index contributed by atoms with van der Waals surface area (Å²) in [4.78, 5) is 5.30. The second-order valence-corrected chi connectivity index (χ2v) is 4.52. The largest absolute Gasteiger partial charge is 0.389 e. The number of thiazole rings is 1. The zero-order valence-corrected chi connectivity index (χ0v) is 9.92. The Balaban J connectivity index is 2.03. The first-order valence-corrected chi connectivity index (χ1v) is 6.03. The summed E-state index contributed by atoms with van der Waals surface area (Å²) in [5.41, 5.74) is 2.80. The molecule has 0 unspecified atom stereocenters. The van der Waals surface area contributed by atoms with Crippen molar-refractivity contribution >= 4 is 11.3 Å². The number of halogens is 3. The molecule has 2 nitrogen and oxygen atoms in total. The molecule has 16 heavy (non-hydrogen) atoms. The van der Waals surface area contributed by atoms with Crippen LogP contribution in [0.15, 0.2) is 5.51 Å². The van der Waals surface area contributed by atoms with Gasteiger partial charge in [0, 0.05) is 17.8 Å². The van der Waals surface area contributed by atoms with Crippen LogP contribution in [-0.4, -0.2) is 24.2 Å². The standard InChI is InChI=1S/C10H15F3N2S/c1-8-9(16-7-15-8)3-6-14-5-2-4-10(11,12)13/h7,14H,2-6H2,1H3. The van der Waals surface area contributed by atoms with Crippen molar-refractivity contribution in [2.45, 2.75) is 32.4 Å². The molecule has 0 aliphatic carbocycles. The summed E-state index contributed by atoms with van der Waals surface area (Å²) in [7, 11) is 0. The van der Waals surface area contributed by atoms with E-state index in [1.54, 1.807) is 16.8 Å².